The van der Waals surface area contributed by atoms with E-state index in [4.69, 9.17) is 10.9 Å². The van der Waals surface area contributed by atoms with Crippen LogP contribution >= 0.6 is 0 Å². The van der Waals surface area contributed by atoms with Crippen LogP contribution in [0.3, 0.4) is 0 Å². The molecule has 0 fully saturated rings. The van der Waals surface area contributed by atoms with Crippen LogP contribution in [0.1, 0.15) is 5.56 Å². The molecule has 0 radical (unpaired) electrons. The van der Waals surface area contributed by atoms with Crippen molar-refractivity contribution in [3.8, 4) is 0 Å². The van der Waals surface area contributed by atoms with Crippen molar-refractivity contribution < 1.29 is 22.8 Å². The van der Waals surface area contributed by atoms with Gasteiger partial charge >= 0.3 is 5.03 Å². The summed E-state index contributed by atoms with van der Waals surface area (Å²) in [5, 5.41) is 8.12. The standard InChI is InChI=1S/C6H8N2O4S/c7-8-3-1-2-5(4-9)6(8)13(10,11)12/h1-3,9H,4,7H2. The fourth-order valence-corrected chi connectivity index (χ4v) is 1.74. The van der Waals surface area contributed by atoms with Crippen LogP contribution in [0.4, 0.5) is 0 Å². The Kier molecular flexibility index (Phi) is 2.50. The van der Waals surface area contributed by atoms with Gasteiger partial charge in [0.25, 0.3) is 0 Å². The summed E-state index contributed by atoms with van der Waals surface area (Å²) in [5.41, 5.74) is -0.0139. The maximum absolute atomic E-state index is 10.7. The first kappa shape index (κ1) is 9.90. The van der Waals surface area contributed by atoms with Gasteiger partial charge in [-0.2, -0.15) is 0 Å². The van der Waals surface area contributed by atoms with Gasteiger partial charge in [0.15, 0.2) is 10.1 Å². The third kappa shape index (κ3) is 1.94. The number of nitrogens with zero attached hydrogens (tertiary/aromatic N) is 1. The number of aliphatic hydroxyl groups is 1. The molecule has 1 aromatic heterocycles. The lowest BCUT2D eigenvalue weighted by atomic mass is 10.3. The van der Waals surface area contributed by atoms with E-state index in [0.717, 1.165) is 0 Å². The van der Waals surface area contributed by atoms with Crippen LogP contribution in [0.2, 0.25) is 0 Å². The fraction of sp³-hybridized carbons (Fsp3) is 0.167. The predicted octanol–water partition coefficient (Wildman–Crippen LogP) is -1.92. The molecule has 1 heterocycles. The highest BCUT2D eigenvalue weighted by molar-refractivity contribution is 7.85. The van der Waals surface area contributed by atoms with Crippen LogP contribution < -0.4 is 10.5 Å². The van der Waals surface area contributed by atoms with Crippen molar-refractivity contribution in [3.05, 3.63) is 23.9 Å². The third-order valence-corrected chi connectivity index (χ3v) is 2.41. The van der Waals surface area contributed by atoms with Gasteiger partial charge in [0, 0.05) is 6.07 Å². The monoisotopic (exact) mass is 204 g/mol. The molecule has 0 aliphatic heterocycles. The molecule has 6 nitrogen and oxygen atoms in total. The Hall–Kier alpha value is -1.18. The van der Waals surface area contributed by atoms with E-state index in [-0.39, 0.29) is 5.56 Å². The van der Waals surface area contributed by atoms with E-state index in [1.54, 1.807) is 0 Å². The van der Waals surface area contributed by atoms with Crippen LogP contribution in [-0.2, 0) is 16.7 Å². The van der Waals surface area contributed by atoms with E-state index in [1.165, 1.54) is 18.3 Å². The van der Waals surface area contributed by atoms with Gasteiger partial charge in [0.1, 0.15) is 0 Å². The third-order valence-electron chi connectivity index (χ3n) is 1.46. The summed E-state index contributed by atoms with van der Waals surface area (Å²) in [6, 6.07) is 2.74. The van der Waals surface area contributed by atoms with Crippen molar-refractivity contribution in [1.29, 1.82) is 0 Å². The van der Waals surface area contributed by atoms with Crippen LogP contribution in [0, 0.1) is 0 Å². The quantitative estimate of drug-likeness (QED) is 0.332. The Morgan fingerprint density at radius 2 is 2.23 bits per heavy atom. The molecule has 0 bridgehead atoms. The number of pyridine rings is 1. The van der Waals surface area contributed by atoms with E-state index >= 15 is 0 Å². The van der Waals surface area contributed by atoms with Crippen LogP contribution in [0.25, 0.3) is 0 Å². The Morgan fingerprint density at radius 3 is 2.62 bits per heavy atom. The molecule has 0 unspecified atom stereocenters. The highest BCUT2D eigenvalue weighted by Crippen LogP contribution is 2.08. The zero-order valence-corrected chi connectivity index (χ0v) is 7.36. The summed E-state index contributed by atoms with van der Waals surface area (Å²) in [6.07, 6.45) is 1.21. The van der Waals surface area contributed by atoms with Crippen LogP contribution in [0.15, 0.2) is 23.4 Å². The van der Waals surface area contributed by atoms with Crippen molar-refractivity contribution >= 4 is 10.1 Å². The van der Waals surface area contributed by atoms with Crippen LogP contribution in [-0.4, -0.2) is 18.1 Å². The first-order valence-corrected chi connectivity index (χ1v) is 4.73. The smallest absolute Gasteiger partial charge is 0.318 e. The molecule has 3 N–H and O–H groups in total. The molecule has 0 saturated heterocycles. The number of nitrogen functional groups attached to an aromatic ring is 1. The molecular weight excluding hydrogens is 196 g/mol. The molecule has 1 rings (SSSR count). The Balaban J connectivity index is 3.50. The van der Waals surface area contributed by atoms with Crippen molar-refractivity contribution in [1.82, 2.24) is 0 Å². The van der Waals surface area contributed by atoms with Gasteiger partial charge in [-0.3, -0.25) is 0 Å². The summed E-state index contributed by atoms with van der Waals surface area (Å²) < 4.78 is 32.7. The molecule has 0 atom stereocenters. The highest BCUT2D eigenvalue weighted by atomic mass is 32.2. The molecule has 0 aromatic carbocycles. The minimum absolute atomic E-state index is 0.0139. The SMILES string of the molecule is N[n+]1cccc(CO)c1S(=O)(=O)[O-]. The maximum Gasteiger partial charge on any atom is 0.318 e. The summed E-state index contributed by atoms with van der Waals surface area (Å²) in [6.45, 7) is -0.547. The lowest BCUT2D eigenvalue weighted by Crippen LogP contribution is -2.49. The number of hydrogen-bond donors (Lipinski definition) is 2. The topological polar surface area (TPSA) is 107 Å². The summed E-state index contributed by atoms with van der Waals surface area (Å²) in [5.74, 6) is 5.21. The maximum atomic E-state index is 10.7. The molecule has 1 aromatic rings. The highest BCUT2D eigenvalue weighted by Gasteiger charge is 2.20. The van der Waals surface area contributed by atoms with E-state index in [0.29, 0.717) is 4.68 Å². The number of hydrogen-bond acceptors (Lipinski definition) is 5. The summed E-state index contributed by atoms with van der Waals surface area (Å²) in [7, 11) is -4.65. The average molecular weight is 204 g/mol. The second-order valence-electron chi connectivity index (χ2n) is 2.36. The van der Waals surface area contributed by atoms with Crippen molar-refractivity contribution in [2.45, 2.75) is 11.6 Å². The molecule has 7 heteroatoms. The molecule has 0 spiro atoms. The zero-order valence-electron chi connectivity index (χ0n) is 6.54. The summed E-state index contributed by atoms with van der Waals surface area (Å²) >= 11 is 0. The van der Waals surface area contributed by atoms with Gasteiger partial charge in [-0.15, -0.1) is 0 Å². The molecule has 0 amide bonds. The Bertz CT molecular complexity index is 415. The molecule has 0 saturated carbocycles. The van der Waals surface area contributed by atoms with Gasteiger partial charge in [-0.1, -0.05) is 4.68 Å². The fourth-order valence-electron chi connectivity index (χ4n) is 0.967. The molecular formula is C6H8N2O4S. The second kappa shape index (κ2) is 3.29. The van der Waals surface area contributed by atoms with Gasteiger partial charge < -0.3 is 9.66 Å². The molecule has 72 valence electrons. The zero-order chi connectivity index (χ0) is 10.1. The molecule has 13 heavy (non-hydrogen) atoms. The number of nitrogens with two attached hydrogens (primary N) is 1. The largest absolute Gasteiger partial charge is 0.739 e. The predicted molar refractivity (Wildman–Crippen MR) is 40.7 cm³/mol. The lowest BCUT2D eigenvalue weighted by Gasteiger charge is -2.06. The van der Waals surface area contributed by atoms with E-state index in [9.17, 15) is 13.0 Å². The Labute approximate surface area is 75.0 Å². The number of rotatable bonds is 2. The number of aromatic nitrogens is 1. The summed E-state index contributed by atoms with van der Waals surface area (Å²) in [4.78, 5) is 0. The van der Waals surface area contributed by atoms with Crippen LogP contribution in [0.5, 0.6) is 0 Å². The van der Waals surface area contributed by atoms with Gasteiger partial charge in [-0.25, -0.2) is 14.3 Å². The van der Waals surface area contributed by atoms with Gasteiger partial charge in [0.05, 0.1) is 12.2 Å². The van der Waals surface area contributed by atoms with Crippen molar-refractivity contribution in [2.24, 2.45) is 0 Å². The van der Waals surface area contributed by atoms with E-state index in [1.807, 2.05) is 0 Å². The van der Waals surface area contributed by atoms with Crippen molar-refractivity contribution in [2.75, 3.05) is 5.84 Å². The minimum atomic E-state index is -4.65. The van der Waals surface area contributed by atoms with E-state index < -0.39 is 21.8 Å². The van der Waals surface area contributed by atoms with Gasteiger partial charge in [0.2, 0.25) is 6.20 Å². The van der Waals surface area contributed by atoms with Crippen molar-refractivity contribution in [3.63, 3.8) is 0 Å². The Morgan fingerprint density at radius 1 is 1.62 bits per heavy atom. The second-order valence-corrected chi connectivity index (χ2v) is 3.65. The lowest BCUT2D eigenvalue weighted by molar-refractivity contribution is -0.679. The van der Waals surface area contributed by atoms with E-state index in [2.05, 4.69) is 0 Å². The molecule has 0 aliphatic rings. The van der Waals surface area contributed by atoms with Gasteiger partial charge in [-0.05, 0) is 6.07 Å². The molecule has 0 aliphatic carbocycles. The first-order valence-electron chi connectivity index (χ1n) is 3.32. The normalized spacial score (nSPS) is 11.5. The average Bonchev–Trinajstić information content (AvgIpc) is 2.01. The number of aliphatic hydroxyl groups excluding tert-OH is 1. The first-order chi connectivity index (χ1) is 5.96. The minimum Gasteiger partial charge on any atom is -0.739 e.